The molecule has 0 amide bonds. The Kier molecular flexibility index (Phi) is 3.94. The summed E-state index contributed by atoms with van der Waals surface area (Å²) >= 11 is 3.14. The van der Waals surface area contributed by atoms with Crippen LogP contribution in [0.25, 0.3) is 6.08 Å². The van der Waals surface area contributed by atoms with Gasteiger partial charge in [-0.25, -0.2) is 0 Å². The maximum Gasteiger partial charge on any atom is 0.185 e. The normalized spacial score (nSPS) is 23.1. The van der Waals surface area contributed by atoms with E-state index in [0.29, 0.717) is 12.0 Å². The molecule has 2 nitrogen and oxygen atoms in total. The second-order valence-electron chi connectivity index (χ2n) is 4.12. The molecule has 0 bridgehead atoms. The molecular weight excluding hydrogens is 292 g/mol. The number of carbonyl (C=O) groups excluding carboxylic acids is 1. The molecule has 18 heavy (non-hydrogen) atoms. The van der Waals surface area contributed by atoms with E-state index in [0.717, 1.165) is 5.56 Å². The predicted octanol–water partition coefficient (Wildman–Crippen LogP) is 3.24. The van der Waals surface area contributed by atoms with Crippen molar-refractivity contribution in [1.82, 2.24) is 0 Å². The topological polar surface area (TPSA) is 37.3 Å². The minimum absolute atomic E-state index is 0.0573. The molecule has 1 aromatic carbocycles. The first-order valence-electron chi connectivity index (χ1n) is 5.65. The van der Waals surface area contributed by atoms with E-state index in [2.05, 4.69) is 15.9 Å². The van der Waals surface area contributed by atoms with Crippen LogP contribution in [0.15, 0.2) is 60.2 Å². The first-order valence-corrected chi connectivity index (χ1v) is 6.44. The molecule has 3 heteroatoms. The van der Waals surface area contributed by atoms with Crippen LogP contribution in [0.4, 0.5) is 0 Å². The second kappa shape index (κ2) is 5.46. The quantitative estimate of drug-likeness (QED) is 0.687. The second-order valence-corrected chi connectivity index (χ2v) is 5.50. The Hall–Kier alpha value is -1.45. The molecule has 1 unspecified atom stereocenters. The smallest absolute Gasteiger partial charge is 0.185 e. The highest BCUT2D eigenvalue weighted by Crippen LogP contribution is 2.27. The summed E-state index contributed by atoms with van der Waals surface area (Å²) in [5.74, 6) is -0.0573. The van der Waals surface area contributed by atoms with Crippen LogP contribution in [0.3, 0.4) is 0 Å². The Labute approximate surface area is 114 Å². The molecular formula is C15H13BrO2. The van der Waals surface area contributed by atoms with E-state index in [4.69, 9.17) is 0 Å². The van der Waals surface area contributed by atoms with Crippen molar-refractivity contribution in [3.63, 3.8) is 0 Å². The van der Waals surface area contributed by atoms with Crippen molar-refractivity contribution >= 4 is 27.8 Å². The summed E-state index contributed by atoms with van der Waals surface area (Å²) < 4.78 is -1.01. The summed E-state index contributed by atoms with van der Waals surface area (Å²) in [5, 5.41) is 9.64. The summed E-state index contributed by atoms with van der Waals surface area (Å²) in [5.41, 5.74) is 1.59. The van der Waals surface area contributed by atoms with Crippen LogP contribution in [-0.2, 0) is 4.79 Å². The Morgan fingerprint density at radius 2 is 2.06 bits per heavy atom. The number of rotatable bonds is 3. The average molecular weight is 305 g/mol. The molecule has 1 aliphatic carbocycles. The van der Waals surface area contributed by atoms with Crippen molar-refractivity contribution in [3.8, 4) is 0 Å². The van der Waals surface area contributed by atoms with Crippen molar-refractivity contribution in [1.29, 1.82) is 0 Å². The average Bonchev–Trinajstić information content (AvgIpc) is 2.37. The van der Waals surface area contributed by atoms with E-state index >= 15 is 0 Å². The molecule has 0 saturated carbocycles. The third-order valence-electron chi connectivity index (χ3n) is 2.64. The molecule has 1 aromatic rings. The molecule has 2 rings (SSSR count). The van der Waals surface area contributed by atoms with Crippen LogP contribution in [0.2, 0.25) is 0 Å². The lowest BCUT2D eigenvalue weighted by Gasteiger charge is -2.18. The van der Waals surface area contributed by atoms with Gasteiger partial charge in [-0.15, -0.1) is 0 Å². The van der Waals surface area contributed by atoms with E-state index in [1.807, 2.05) is 30.3 Å². The summed E-state index contributed by atoms with van der Waals surface area (Å²) in [4.78, 5) is 11.9. The number of benzene rings is 1. The molecule has 1 aliphatic rings. The van der Waals surface area contributed by atoms with Crippen molar-refractivity contribution in [2.75, 3.05) is 0 Å². The number of aliphatic hydroxyl groups is 1. The monoisotopic (exact) mass is 304 g/mol. The minimum Gasteiger partial charge on any atom is -0.375 e. The lowest BCUT2D eigenvalue weighted by Crippen LogP contribution is -2.18. The zero-order valence-electron chi connectivity index (χ0n) is 9.71. The molecule has 1 N–H and O–H groups in total. The Bertz CT molecular complexity index is 525. The maximum atomic E-state index is 11.9. The molecule has 0 aromatic heterocycles. The van der Waals surface area contributed by atoms with E-state index in [1.165, 1.54) is 0 Å². The van der Waals surface area contributed by atoms with Crippen molar-refractivity contribution in [3.05, 3.63) is 65.8 Å². The lowest BCUT2D eigenvalue weighted by molar-refractivity contribution is -0.111. The van der Waals surface area contributed by atoms with Crippen molar-refractivity contribution in [2.45, 2.75) is 10.9 Å². The number of allylic oxidation sites excluding steroid dienone is 3. The van der Waals surface area contributed by atoms with Crippen LogP contribution in [0, 0.1) is 0 Å². The first kappa shape index (κ1) is 13.0. The van der Waals surface area contributed by atoms with E-state index in [9.17, 15) is 9.90 Å². The largest absolute Gasteiger partial charge is 0.375 e. The molecule has 0 fully saturated rings. The molecule has 0 radical (unpaired) electrons. The first-order chi connectivity index (χ1) is 8.57. The van der Waals surface area contributed by atoms with Gasteiger partial charge < -0.3 is 5.11 Å². The highest BCUT2D eigenvalue weighted by molar-refractivity contribution is 9.10. The maximum absolute atomic E-state index is 11.9. The summed E-state index contributed by atoms with van der Waals surface area (Å²) in [6.45, 7) is 0. The van der Waals surface area contributed by atoms with Crippen LogP contribution >= 0.6 is 15.9 Å². The van der Waals surface area contributed by atoms with Gasteiger partial charge in [0.25, 0.3) is 0 Å². The minimum atomic E-state index is -1.01. The van der Waals surface area contributed by atoms with Gasteiger partial charge in [0.2, 0.25) is 0 Å². The van der Waals surface area contributed by atoms with Crippen molar-refractivity contribution < 1.29 is 9.90 Å². The molecule has 0 aliphatic heterocycles. The summed E-state index contributed by atoms with van der Waals surface area (Å²) in [6, 6.07) is 9.66. The third kappa shape index (κ3) is 3.52. The fraction of sp³-hybridized carbons (Fsp3) is 0.133. The summed E-state index contributed by atoms with van der Waals surface area (Å²) in [7, 11) is 0. The van der Waals surface area contributed by atoms with E-state index in [-0.39, 0.29) is 5.78 Å². The number of carbonyl (C=O) groups is 1. The molecule has 0 spiro atoms. The number of halogens is 1. The van der Waals surface area contributed by atoms with Gasteiger partial charge in [0.1, 0.15) is 4.51 Å². The van der Waals surface area contributed by atoms with Gasteiger partial charge >= 0.3 is 0 Å². The summed E-state index contributed by atoms with van der Waals surface area (Å²) in [6.07, 6.45) is 8.67. The zero-order valence-corrected chi connectivity index (χ0v) is 11.3. The number of hydrogen-bond donors (Lipinski definition) is 1. The fourth-order valence-electron chi connectivity index (χ4n) is 1.62. The SMILES string of the molecule is O=C(C=Cc1ccccc1)C1=CCC(O)(Br)C=C1. The predicted molar refractivity (Wildman–Crippen MR) is 76.2 cm³/mol. The highest BCUT2D eigenvalue weighted by atomic mass is 79.9. The third-order valence-corrected chi connectivity index (χ3v) is 3.23. The zero-order chi connectivity index (χ0) is 13.0. The van der Waals surface area contributed by atoms with Gasteiger partial charge in [0, 0.05) is 12.0 Å². The van der Waals surface area contributed by atoms with Gasteiger partial charge in [-0.2, -0.15) is 0 Å². The van der Waals surface area contributed by atoms with Gasteiger partial charge in [-0.1, -0.05) is 48.6 Å². The Morgan fingerprint density at radius 1 is 1.33 bits per heavy atom. The van der Waals surface area contributed by atoms with Crippen molar-refractivity contribution in [2.24, 2.45) is 0 Å². The standard InChI is InChI=1S/C15H13BrO2/c16-15(18)10-8-13(9-11-15)14(17)7-6-12-4-2-1-3-5-12/h1-10,18H,11H2. The van der Waals surface area contributed by atoms with Gasteiger partial charge in [-0.05, 0) is 33.6 Å². The van der Waals surface area contributed by atoms with Gasteiger partial charge in [-0.3, -0.25) is 4.79 Å². The van der Waals surface area contributed by atoms with Crippen LogP contribution in [-0.4, -0.2) is 15.4 Å². The van der Waals surface area contributed by atoms with E-state index < -0.39 is 4.51 Å². The molecule has 0 saturated heterocycles. The Morgan fingerprint density at radius 3 is 2.67 bits per heavy atom. The molecule has 1 atom stereocenters. The lowest BCUT2D eigenvalue weighted by atomic mass is 10.0. The van der Waals surface area contributed by atoms with E-state index in [1.54, 1.807) is 30.4 Å². The highest BCUT2D eigenvalue weighted by Gasteiger charge is 2.21. The molecule has 92 valence electrons. The number of ketones is 1. The number of alkyl halides is 1. The molecule has 0 heterocycles. The van der Waals surface area contributed by atoms with Crippen LogP contribution in [0.1, 0.15) is 12.0 Å². The van der Waals surface area contributed by atoms with Gasteiger partial charge in [0.15, 0.2) is 5.78 Å². The van der Waals surface area contributed by atoms with Crippen LogP contribution in [0.5, 0.6) is 0 Å². The van der Waals surface area contributed by atoms with Gasteiger partial charge in [0.05, 0.1) is 0 Å². The fourth-order valence-corrected chi connectivity index (χ4v) is 1.92. The number of hydrogen-bond acceptors (Lipinski definition) is 2. The Balaban J connectivity index is 2.04. The van der Waals surface area contributed by atoms with Crippen LogP contribution < -0.4 is 0 Å².